The van der Waals surface area contributed by atoms with E-state index in [0.717, 1.165) is 12.8 Å². The molecule has 1 aliphatic rings. The summed E-state index contributed by atoms with van der Waals surface area (Å²) < 4.78 is 22.5. The summed E-state index contributed by atoms with van der Waals surface area (Å²) in [5, 5.41) is 7.84. The zero-order valence-electron chi connectivity index (χ0n) is 13.3. The highest BCUT2D eigenvalue weighted by molar-refractivity contribution is 7.89. The normalized spacial score (nSPS) is 16.5. The molecule has 6 nitrogen and oxygen atoms in total. The Morgan fingerprint density at radius 3 is 2.50 bits per heavy atom. The number of rotatable bonds is 3. The van der Waals surface area contributed by atoms with Crippen molar-refractivity contribution in [3.63, 3.8) is 0 Å². The van der Waals surface area contributed by atoms with E-state index in [1.165, 1.54) is 35.4 Å². The van der Waals surface area contributed by atoms with E-state index in [-0.39, 0.29) is 17.0 Å². The summed E-state index contributed by atoms with van der Waals surface area (Å²) in [5.74, 6) is 0. The maximum atomic E-state index is 12.5. The van der Waals surface area contributed by atoms with Crippen molar-refractivity contribution >= 4 is 21.7 Å². The first-order valence-corrected chi connectivity index (χ1v) is 9.15. The first-order chi connectivity index (χ1) is 11.4. The van der Waals surface area contributed by atoms with E-state index in [4.69, 9.17) is 5.14 Å². The molecule has 3 rings (SSSR count). The van der Waals surface area contributed by atoms with Gasteiger partial charge in [0.25, 0.3) is 0 Å². The van der Waals surface area contributed by atoms with Gasteiger partial charge in [-0.3, -0.25) is 0 Å². The van der Waals surface area contributed by atoms with Crippen molar-refractivity contribution in [1.29, 1.82) is 0 Å². The summed E-state index contributed by atoms with van der Waals surface area (Å²) in [5.41, 5.74) is 2.98. The molecule has 7 heteroatoms. The van der Waals surface area contributed by atoms with Crippen LogP contribution in [-0.4, -0.2) is 26.4 Å². The highest BCUT2D eigenvalue weighted by atomic mass is 32.2. The molecule has 0 saturated heterocycles. The number of hydrogen-bond donors (Lipinski definition) is 2. The second-order valence-corrected chi connectivity index (χ2v) is 7.43. The number of amides is 2. The molecule has 2 amide bonds. The van der Waals surface area contributed by atoms with Gasteiger partial charge in [0.2, 0.25) is 10.0 Å². The minimum absolute atomic E-state index is 0.0126. The van der Waals surface area contributed by atoms with Crippen molar-refractivity contribution in [2.75, 3.05) is 12.4 Å². The number of sulfonamides is 1. The van der Waals surface area contributed by atoms with Crippen molar-refractivity contribution in [1.82, 2.24) is 4.90 Å². The van der Waals surface area contributed by atoms with E-state index >= 15 is 0 Å². The van der Waals surface area contributed by atoms with Gasteiger partial charge < -0.3 is 10.2 Å². The SMILES string of the molecule is CN(C(=O)Nc1ccc(S(N)(=O)=O)cc1)C1CCc2ccccc21. The number of fused-ring (bicyclic) bond motifs is 1. The van der Waals surface area contributed by atoms with Crippen LogP contribution in [0.3, 0.4) is 0 Å². The Labute approximate surface area is 141 Å². The van der Waals surface area contributed by atoms with E-state index < -0.39 is 10.0 Å². The number of anilines is 1. The Balaban J connectivity index is 1.71. The van der Waals surface area contributed by atoms with E-state index in [9.17, 15) is 13.2 Å². The molecular formula is C17H19N3O3S. The Morgan fingerprint density at radius 2 is 1.83 bits per heavy atom. The van der Waals surface area contributed by atoms with Crippen LogP contribution in [0.2, 0.25) is 0 Å². The third-order valence-corrected chi connectivity index (χ3v) is 5.25. The molecule has 2 aromatic carbocycles. The Morgan fingerprint density at radius 1 is 1.17 bits per heavy atom. The molecule has 0 fully saturated rings. The van der Waals surface area contributed by atoms with Crippen LogP contribution in [0, 0.1) is 0 Å². The smallest absolute Gasteiger partial charge is 0.321 e. The Bertz CT molecular complexity index is 863. The lowest BCUT2D eigenvalue weighted by molar-refractivity contribution is 0.204. The van der Waals surface area contributed by atoms with Crippen LogP contribution in [-0.2, 0) is 16.4 Å². The molecule has 0 heterocycles. The maximum absolute atomic E-state index is 12.5. The standard InChI is InChI=1S/C17H19N3O3S/c1-20(16-11-6-12-4-2-3-5-15(12)16)17(21)19-13-7-9-14(10-8-13)24(18,22)23/h2-5,7-10,16H,6,11H2,1H3,(H,19,21)(H2,18,22,23). The van der Waals surface area contributed by atoms with Crippen molar-refractivity contribution < 1.29 is 13.2 Å². The average molecular weight is 345 g/mol. The lowest BCUT2D eigenvalue weighted by Crippen LogP contribution is -2.34. The number of primary sulfonamides is 1. The summed E-state index contributed by atoms with van der Waals surface area (Å²) in [4.78, 5) is 14.2. The van der Waals surface area contributed by atoms with E-state index in [1.807, 2.05) is 12.1 Å². The van der Waals surface area contributed by atoms with Crippen LogP contribution in [0.25, 0.3) is 0 Å². The van der Waals surface area contributed by atoms with E-state index in [2.05, 4.69) is 17.4 Å². The van der Waals surface area contributed by atoms with Gasteiger partial charge in [0.05, 0.1) is 10.9 Å². The fraction of sp³-hybridized carbons (Fsp3) is 0.235. The molecule has 2 aromatic rings. The van der Waals surface area contributed by atoms with E-state index in [0.29, 0.717) is 5.69 Å². The van der Waals surface area contributed by atoms with Crippen LogP contribution >= 0.6 is 0 Å². The molecule has 0 radical (unpaired) electrons. The number of hydrogen-bond acceptors (Lipinski definition) is 3. The van der Waals surface area contributed by atoms with Gasteiger partial charge in [0.1, 0.15) is 0 Å². The van der Waals surface area contributed by atoms with Crippen LogP contribution in [0.5, 0.6) is 0 Å². The number of nitrogens with one attached hydrogen (secondary N) is 1. The minimum Gasteiger partial charge on any atom is -0.321 e. The van der Waals surface area contributed by atoms with Crippen molar-refractivity contribution in [2.24, 2.45) is 5.14 Å². The average Bonchev–Trinajstić information content (AvgIpc) is 2.97. The van der Waals surface area contributed by atoms with Crippen molar-refractivity contribution in [3.8, 4) is 0 Å². The van der Waals surface area contributed by atoms with Crippen LogP contribution in [0.4, 0.5) is 10.5 Å². The minimum atomic E-state index is -3.73. The highest BCUT2D eigenvalue weighted by Crippen LogP contribution is 2.35. The highest BCUT2D eigenvalue weighted by Gasteiger charge is 2.28. The largest absolute Gasteiger partial charge is 0.322 e. The second kappa shape index (κ2) is 6.26. The van der Waals surface area contributed by atoms with E-state index in [1.54, 1.807) is 11.9 Å². The molecule has 0 bridgehead atoms. The molecule has 1 unspecified atom stereocenters. The van der Waals surface area contributed by atoms with Gasteiger partial charge in [0.15, 0.2) is 0 Å². The summed E-state index contributed by atoms with van der Waals surface area (Å²) in [6, 6.07) is 13.7. The summed E-state index contributed by atoms with van der Waals surface area (Å²) >= 11 is 0. The molecule has 0 spiro atoms. The third-order valence-electron chi connectivity index (χ3n) is 4.32. The zero-order chi connectivity index (χ0) is 17.3. The van der Waals surface area contributed by atoms with Gasteiger partial charge in [-0.25, -0.2) is 18.4 Å². The van der Waals surface area contributed by atoms with Crippen molar-refractivity contribution in [3.05, 3.63) is 59.7 Å². The van der Waals surface area contributed by atoms with Crippen LogP contribution < -0.4 is 10.5 Å². The van der Waals surface area contributed by atoms with Crippen molar-refractivity contribution in [2.45, 2.75) is 23.8 Å². The number of aryl methyl sites for hydroxylation is 1. The first-order valence-electron chi connectivity index (χ1n) is 7.61. The third kappa shape index (κ3) is 3.27. The monoisotopic (exact) mass is 345 g/mol. The van der Waals surface area contributed by atoms with Crippen LogP contribution in [0.1, 0.15) is 23.6 Å². The molecule has 1 atom stereocenters. The molecule has 3 N–H and O–H groups in total. The molecule has 0 saturated carbocycles. The number of urea groups is 1. The fourth-order valence-corrected chi connectivity index (χ4v) is 3.53. The number of nitrogens with zero attached hydrogens (tertiary/aromatic N) is 1. The lowest BCUT2D eigenvalue weighted by atomic mass is 10.1. The molecule has 0 aromatic heterocycles. The van der Waals surface area contributed by atoms with Gasteiger partial charge in [0, 0.05) is 12.7 Å². The molecule has 126 valence electrons. The Hall–Kier alpha value is -2.38. The summed E-state index contributed by atoms with van der Waals surface area (Å²) in [6.07, 6.45) is 1.86. The maximum Gasteiger partial charge on any atom is 0.322 e. The number of carbonyl (C=O) groups is 1. The number of benzene rings is 2. The van der Waals surface area contributed by atoms with Gasteiger partial charge >= 0.3 is 6.03 Å². The predicted molar refractivity (Wildman–Crippen MR) is 92.1 cm³/mol. The van der Waals surface area contributed by atoms with Gasteiger partial charge in [-0.15, -0.1) is 0 Å². The predicted octanol–water partition coefficient (Wildman–Crippen LogP) is 2.49. The quantitative estimate of drug-likeness (QED) is 0.895. The van der Waals surface area contributed by atoms with Gasteiger partial charge in [-0.1, -0.05) is 24.3 Å². The topological polar surface area (TPSA) is 92.5 Å². The molecule has 0 aliphatic heterocycles. The summed E-state index contributed by atoms with van der Waals surface area (Å²) in [7, 11) is -1.97. The van der Waals surface area contributed by atoms with Crippen LogP contribution in [0.15, 0.2) is 53.4 Å². The lowest BCUT2D eigenvalue weighted by Gasteiger charge is -2.25. The molecule has 24 heavy (non-hydrogen) atoms. The van der Waals surface area contributed by atoms with Gasteiger partial charge in [-0.2, -0.15) is 0 Å². The zero-order valence-corrected chi connectivity index (χ0v) is 14.1. The summed E-state index contributed by atoms with van der Waals surface area (Å²) in [6.45, 7) is 0. The van der Waals surface area contributed by atoms with Gasteiger partial charge in [-0.05, 0) is 48.2 Å². The number of nitrogens with two attached hydrogens (primary N) is 1. The fourth-order valence-electron chi connectivity index (χ4n) is 3.02. The second-order valence-electron chi connectivity index (χ2n) is 5.86. The number of carbonyl (C=O) groups excluding carboxylic acids is 1. The molecule has 1 aliphatic carbocycles. The Kier molecular flexibility index (Phi) is 4.29. The first kappa shape index (κ1) is 16.5. The molecular weight excluding hydrogens is 326 g/mol.